The largest absolute Gasteiger partial charge is 0.496 e. The predicted molar refractivity (Wildman–Crippen MR) is 94.0 cm³/mol. The van der Waals surface area contributed by atoms with Crippen LogP contribution in [0.15, 0.2) is 36.4 Å². The molecule has 2 aliphatic heterocycles. The maximum absolute atomic E-state index is 12.5. The summed E-state index contributed by atoms with van der Waals surface area (Å²) in [6, 6.07) is 11.6. The molecule has 4 rings (SSSR count). The van der Waals surface area contributed by atoms with E-state index in [0.29, 0.717) is 25.7 Å². The highest BCUT2D eigenvalue weighted by Gasteiger charge is 2.51. The Morgan fingerprint density at radius 2 is 1.67 bits per heavy atom. The number of sulfone groups is 1. The van der Waals surface area contributed by atoms with Crippen LogP contribution in [0, 0.1) is 0 Å². The monoisotopic (exact) mass is 346 g/mol. The molecule has 2 bridgehead atoms. The average Bonchev–Trinajstić information content (AvgIpc) is 2.55. The molecule has 2 aromatic rings. The highest BCUT2D eigenvalue weighted by molar-refractivity contribution is 7.92. The summed E-state index contributed by atoms with van der Waals surface area (Å²) in [7, 11) is -1.46. The SMILES string of the molecule is COc1ccc(C2(O)CC3CCCC(C2)S3(=O)=O)c2ccccc12. The number of ether oxygens (including phenoxy) is 1. The first-order valence-corrected chi connectivity index (χ1v) is 10.1. The molecule has 2 heterocycles. The van der Waals surface area contributed by atoms with Crippen molar-refractivity contribution < 1.29 is 18.3 Å². The molecule has 0 aromatic heterocycles. The second-order valence-electron chi connectivity index (χ2n) is 7.06. The Kier molecular flexibility index (Phi) is 3.62. The van der Waals surface area contributed by atoms with Crippen molar-refractivity contribution in [1.82, 2.24) is 0 Å². The van der Waals surface area contributed by atoms with Gasteiger partial charge < -0.3 is 9.84 Å². The van der Waals surface area contributed by atoms with Crippen molar-refractivity contribution in [2.45, 2.75) is 48.2 Å². The topological polar surface area (TPSA) is 63.6 Å². The molecule has 4 nitrogen and oxygen atoms in total. The molecule has 1 N–H and O–H groups in total. The fourth-order valence-corrected chi connectivity index (χ4v) is 7.07. The van der Waals surface area contributed by atoms with Crippen LogP contribution in [0.5, 0.6) is 5.75 Å². The quantitative estimate of drug-likeness (QED) is 0.907. The van der Waals surface area contributed by atoms with Crippen molar-refractivity contribution in [1.29, 1.82) is 0 Å². The first-order valence-electron chi connectivity index (χ1n) is 8.47. The molecule has 5 heteroatoms. The van der Waals surface area contributed by atoms with Crippen molar-refractivity contribution in [3.63, 3.8) is 0 Å². The third-order valence-electron chi connectivity index (χ3n) is 5.72. The Bertz CT molecular complexity index is 867. The molecule has 2 aliphatic rings. The molecular weight excluding hydrogens is 324 g/mol. The number of hydrogen-bond donors (Lipinski definition) is 1. The number of methoxy groups -OCH3 is 1. The van der Waals surface area contributed by atoms with Gasteiger partial charge in [-0.05, 0) is 42.7 Å². The second kappa shape index (κ2) is 5.46. The summed E-state index contributed by atoms with van der Waals surface area (Å²) in [6.45, 7) is 0. The summed E-state index contributed by atoms with van der Waals surface area (Å²) in [5, 5.41) is 12.5. The standard InChI is InChI=1S/C19H22O4S/c1-23-18-10-9-17(15-7-2-3-8-16(15)18)19(20)11-13-5-4-6-14(12-19)24(13,21)22/h2-3,7-10,13-14,20H,4-6,11-12H2,1H3. The summed E-state index contributed by atoms with van der Waals surface area (Å²) in [4.78, 5) is 0. The molecule has 0 aliphatic carbocycles. The highest BCUT2D eigenvalue weighted by Crippen LogP contribution is 2.48. The summed E-state index contributed by atoms with van der Waals surface area (Å²) >= 11 is 0. The van der Waals surface area contributed by atoms with E-state index in [1.807, 2.05) is 36.4 Å². The molecule has 0 spiro atoms. The minimum atomic E-state index is -3.10. The van der Waals surface area contributed by atoms with Gasteiger partial charge in [0.25, 0.3) is 0 Å². The Morgan fingerprint density at radius 3 is 2.29 bits per heavy atom. The molecule has 2 unspecified atom stereocenters. The highest BCUT2D eigenvalue weighted by atomic mass is 32.2. The van der Waals surface area contributed by atoms with Crippen LogP contribution in [0.25, 0.3) is 10.8 Å². The van der Waals surface area contributed by atoms with Crippen LogP contribution in [-0.2, 0) is 15.4 Å². The lowest BCUT2D eigenvalue weighted by Gasteiger charge is -2.44. The fraction of sp³-hybridized carbons (Fsp3) is 0.474. The van der Waals surface area contributed by atoms with E-state index in [0.717, 1.165) is 28.5 Å². The zero-order valence-corrected chi connectivity index (χ0v) is 14.6. The second-order valence-corrected chi connectivity index (χ2v) is 9.58. The van der Waals surface area contributed by atoms with Crippen molar-refractivity contribution in [2.75, 3.05) is 7.11 Å². The van der Waals surface area contributed by atoms with Crippen molar-refractivity contribution in [3.05, 3.63) is 42.0 Å². The van der Waals surface area contributed by atoms with Gasteiger partial charge in [0.1, 0.15) is 5.75 Å². The smallest absolute Gasteiger partial charge is 0.156 e. The first kappa shape index (κ1) is 15.9. The van der Waals surface area contributed by atoms with Gasteiger partial charge in [-0.1, -0.05) is 36.8 Å². The van der Waals surface area contributed by atoms with E-state index in [-0.39, 0.29) is 0 Å². The predicted octanol–water partition coefficient (Wildman–Crippen LogP) is 3.17. The Labute approximate surface area is 142 Å². The van der Waals surface area contributed by atoms with Gasteiger partial charge >= 0.3 is 0 Å². The zero-order valence-electron chi connectivity index (χ0n) is 13.7. The average molecular weight is 346 g/mol. The van der Waals surface area contributed by atoms with Crippen molar-refractivity contribution in [3.8, 4) is 5.75 Å². The van der Waals surface area contributed by atoms with Gasteiger partial charge in [0.15, 0.2) is 9.84 Å². The lowest BCUT2D eigenvalue weighted by molar-refractivity contribution is 0.00638. The van der Waals surface area contributed by atoms with Crippen molar-refractivity contribution in [2.24, 2.45) is 0 Å². The van der Waals surface area contributed by atoms with Gasteiger partial charge in [0.05, 0.1) is 23.2 Å². The summed E-state index contributed by atoms with van der Waals surface area (Å²) in [5.74, 6) is 0.765. The van der Waals surface area contributed by atoms with Crippen LogP contribution in [0.2, 0.25) is 0 Å². The summed E-state index contributed by atoms with van der Waals surface area (Å²) in [5.41, 5.74) is -0.266. The van der Waals surface area contributed by atoms with Gasteiger partial charge in [-0.2, -0.15) is 0 Å². The van der Waals surface area contributed by atoms with E-state index >= 15 is 0 Å². The summed E-state index contributed by atoms with van der Waals surface area (Å²) < 4.78 is 30.5. The molecular formula is C19H22O4S. The third-order valence-corrected chi connectivity index (χ3v) is 8.38. The van der Waals surface area contributed by atoms with E-state index in [9.17, 15) is 13.5 Å². The number of rotatable bonds is 2. The zero-order chi connectivity index (χ0) is 16.9. The van der Waals surface area contributed by atoms with Crippen LogP contribution in [-0.4, -0.2) is 31.1 Å². The molecule has 0 saturated carbocycles. The normalized spacial score (nSPS) is 31.8. The Balaban J connectivity index is 1.86. The molecule has 2 saturated heterocycles. The van der Waals surface area contributed by atoms with Gasteiger partial charge in [-0.15, -0.1) is 0 Å². The van der Waals surface area contributed by atoms with E-state index in [2.05, 4.69) is 0 Å². The molecule has 0 amide bonds. The number of fused-ring (bicyclic) bond motifs is 3. The van der Waals surface area contributed by atoms with E-state index in [1.165, 1.54) is 0 Å². The number of aliphatic hydroxyl groups is 1. The number of hydrogen-bond acceptors (Lipinski definition) is 4. The van der Waals surface area contributed by atoms with E-state index in [1.54, 1.807) is 7.11 Å². The van der Waals surface area contributed by atoms with Gasteiger partial charge in [0.2, 0.25) is 0 Å². The fourth-order valence-electron chi connectivity index (χ4n) is 4.52. The van der Waals surface area contributed by atoms with E-state index in [4.69, 9.17) is 4.74 Å². The van der Waals surface area contributed by atoms with Crippen LogP contribution in [0.3, 0.4) is 0 Å². The van der Waals surface area contributed by atoms with Crippen LogP contribution in [0.1, 0.15) is 37.7 Å². The third kappa shape index (κ3) is 2.25. The summed E-state index contributed by atoms with van der Waals surface area (Å²) in [6.07, 6.45) is 2.85. The Hall–Kier alpha value is -1.59. The number of benzene rings is 2. The van der Waals surface area contributed by atoms with Crippen LogP contribution < -0.4 is 4.74 Å². The van der Waals surface area contributed by atoms with Crippen LogP contribution in [0.4, 0.5) is 0 Å². The molecule has 128 valence electrons. The van der Waals surface area contributed by atoms with E-state index < -0.39 is 25.9 Å². The van der Waals surface area contributed by atoms with Gasteiger partial charge in [-0.25, -0.2) is 8.42 Å². The lowest BCUT2D eigenvalue weighted by Crippen LogP contribution is -2.50. The maximum Gasteiger partial charge on any atom is 0.156 e. The first-order chi connectivity index (χ1) is 11.5. The molecule has 2 aromatic carbocycles. The molecule has 2 fully saturated rings. The minimum Gasteiger partial charge on any atom is -0.496 e. The minimum absolute atomic E-state index is 0.294. The lowest BCUT2D eigenvalue weighted by atomic mass is 9.78. The van der Waals surface area contributed by atoms with Crippen molar-refractivity contribution >= 4 is 20.6 Å². The van der Waals surface area contributed by atoms with Gasteiger partial charge in [-0.3, -0.25) is 0 Å². The van der Waals surface area contributed by atoms with Gasteiger partial charge in [0, 0.05) is 5.39 Å². The molecule has 2 atom stereocenters. The molecule has 0 radical (unpaired) electrons. The Morgan fingerprint density at radius 1 is 1.04 bits per heavy atom. The van der Waals surface area contributed by atoms with Crippen LogP contribution >= 0.6 is 0 Å². The molecule has 24 heavy (non-hydrogen) atoms. The maximum atomic E-state index is 12.5.